The van der Waals surface area contributed by atoms with Gasteiger partial charge in [0.25, 0.3) is 0 Å². The Labute approximate surface area is 343 Å². The summed E-state index contributed by atoms with van der Waals surface area (Å²) in [5.41, 5.74) is 22.0. The maximum atomic E-state index is 2.48. The maximum absolute atomic E-state index is 2.48. The van der Waals surface area contributed by atoms with Crippen LogP contribution in [0.2, 0.25) is 0 Å². The second kappa shape index (κ2) is 12.2. The third-order valence-electron chi connectivity index (χ3n) is 13.3. The van der Waals surface area contributed by atoms with E-state index < -0.39 is 0 Å². The summed E-state index contributed by atoms with van der Waals surface area (Å²) in [5, 5.41) is 10.4. The molecule has 0 atom stereocenters. The van der Waals surface area contributed by atoms with Gasteiger partial charge >= 0.3 is 0 Å². The average Bonchev–Trinajstić information content (AvgIpc) is 3.80. The standard InChI is InChI=1S/C59H36/c1-35-25-26-36-13-8-9-20-43(36)53(35)41-28-30-48-52(34-41)56(39-16-6-3-7-17-39)58-49-24-12-23-45-42(31-32-50(57(45)49)59(58)55(48)38-14-4-2-5-15-38)40-27-29-44-46-21-10-18-37-19-11-22-47(54(37)46)51(44)33-40/h2-34H,1H3. The molecule has 2 aliphatic rings. The summed E-state index contributed by atoms with van der Waals surface area (Å²) >= 11 is 0. The molecule has 0 nitrogen and oxygen atoms in total. The van der Waals surface area contributed by atoms with Crippen molar-refractivity contribution in [2.45, 2.75) is 6.92 Å². The van der Waals surface area contributed by atoms with E-state index in [9.17, 15) is 0 Å². The van der Waals surface area contributed by atoms with E-state index in [1.165, 1.54) is 138 Å². The summed E-state index contributed by atoms with van der Waals surface area (Å²) < 4.78 is 0. The first-order chi connectivity index (χ1) is 29.2. The predicted molar refractivity (Wildman–Crippen MR) is 252 cm³/mol. The molecular formula is C59H36. The Morgan fingerprint density at radius 2 is 0.814 bits per heavy atom. The van der Waals surface area contributed by atoms with Crippen LogP contribution in [0.5, 0.6) is 0 Å². The molecule has 0 spiro atoms. The largest absolute Gasteiger partial charge is 0.0622 e. The average molecular weight is 745 g/mol. The molecule has 0 saturated carbocycles. The number of aryl methyl sites for hydroxylation is 1. The molecule has 0 radical (unpaired) electrons. The molecule has 13 rings (SSSR count). The molecule has 0 unspecified atom stereocenters. The molecule has 2 aliphatic carbocycles. The Hall–Kier alpha value is -7.54. The van der Waals surface area contributed by atoms with Gasteiger partial charge in [0.1, 0.15) is 0 Å². The van der Waals surface area contributed by atoms with E-state index in [4.69, 9.17) is 0 Å². The van der Waals surface area contributed by atoms with Gasteiger partial charge in [0.15, 0.2) is 0 Å². The molecule has 0 aromatic heterocycles. The van der Waals surface area contributed by atoms with Crippen LogP contribution in [0.1, 0.15) is 5.56 Å². The van der Waals surface area contributed by atoms with E-state index in [0.717, 1.165) is 0 Å². The summed E-state index contributed by atoms with van der Waals surface area (Å²) in [6, 6.07) is 75.1. The number of rotatable bonds is 4. The van der Waals surface area contributed by atoms with Gasteiger partial charge in [-0.1, -0.05) is 188 Å². The van der Waals surface area contributed by atoms with Crippen molar-refractivity contribution in [2.75, 3.05) is 0 Å². The van der Waals surface area contributed by atoms with Crippen molar-refractivity contribution in [3.05, 3.63) is 206 Å². The number of benzene rings is 11. The first-order valence-electron chi connectivity index (χ1n) is 20.7. The highest BCUT2D eigenvalue weighted by Crippen LogP contribution is 2.59. The van der Waals surface area contributed by atoms with E-state index in [-0.39, 0.29) is 0 Å². The van der Waals surface area contributed by atoms with Gasteiger partial charge in [0, 0.05) is 0 Å². The Bertz CT molecular complexity index is 3580. The molecule has 272 valence electrons. The zero-order valence-corrected chi connectivity index (χ0v) is 32.6. The molecule has 0 aliphatic heterocycles. The Balaban J connectivity index is 1.12. The van der Waals surface area contributed by atoms with Crippen LogP contribution in [-0.4, -0.2) is 0 Å². The lowest BCUT2D eigenvalue weighted by Gasteiger charge is -2.21. The van der Waals surface area contributed by atoms with Crippen molar-refractivity contribution in [1.29, 1.82) is 0 Å². The number of hydrogen-bond acceptors (Lipinski definition) is 0. The number of fused-ring (bicyclic) bond motifs is 8. The Morgan fingerprint density at radius 1 is 0.237 bits per heavy atom. The minimum atomic E-state index is 1.23. The fraction of sp³-hybridized carbons (Fsp3) is 0.0169. The predicted octanol–water partition coefficient (Wildman–Crippen LogP) is 16.6. The number of hydrogen-bond donors (Lipinski definition) is 0. The highest BCUT2D eigenvalue weighted by molar-refractivity contribution is 6.29. The fourth-order valence-corrected chi connectivity index (χ4v) is 10.8. The van der Waals surface area contributed by atoms with Crippen molar-refractivity contribution in [2.24, 2.45) is 0 Å². The third kappa shape index (κ3) is 4.55. The molecule has 0 bridgehead atoms. The summed E-state index contributed by atoms with van der Waals surface area (Å²) in [4.78, 5) is 0. The minimum Gasteiger partial charge on any atom is -0.0622 e. The van der Waals surface area contributed by atoms with Crippen molar-refractivity contribution in [1.82, 2.24) is 0 Å². The summed E-state index contributed by atoms with van der Waals surface area (Å²) in [6.45, 7) is 2.25. The van der Waals surface area contributed by atoms with Crippen LogP contribution < -0.4 is 0 Å². The van der Waals surface area contributed by atoms with E-state index in [2.05, 4.69) is 207 Å². The van der Waals surface area contributed by atoms with Crippen molar-refractivity contribution < 1.29 is 0 Å². The smallest absolute Gasteiger partial charge is 0.000741 e. The van der Waals surface area contributed by atoms with Crippen molar-refractivity contribution in [3.8, 4) is 89.0 Å². The van der Waals surface area contributed by atoms with Gasteiger partial charge in [0.05, 0.1) is 0 Å². The molecule has 11 aromatic rings. The van der Waals surface area contributed by atoms with Gasteiger partial charge in [0.2, 0.25) is 0 Å². The molecule has 0 N–H and O–H groups in total. The third-order valence-corrected chi connectivity index (χ3v) is 13.3. The lowest BCUT2D eigenvalue weighted by molar-refractivity contribution is 1.49. The molecule has 11 aromatic carbocycles. The van der Waals surface area contributed by atoms with Gasteiger partial charge in [-0.05, 0) is 157 Å². The Kier molecular flexibility index (Phi) is 6.74. The molecule has 0 saturated heterocycles. The van der Waals surface area contributed by atoms with Gasteiger partial charge in [-0.25, -0.2) is 0 Å². The van der Waals surface area contributed by atoms with Crippen LogP contribution in [0.15, 0.2) is 200 Å². The second-order valence-corrected chi connectivity index (χ2v) is 16.3. The SMILES string of the molecule is Cc1ccc2ccccc2c1-c1ccc2c(-c3ccccc3)c3c(c(-c4ccccc4)c2c1)-c1cccc2c(-c4ccc5c(c4)-c4cccc6cccc-5c46)ccc-3c12. The maximum Gasteiger partial charge on any atom is -0.000741 e. The van der Waals surface area contributed by atoms with Crippen LogP contribution in [-0.2, 0) is 0 Å². The topological polar surface area (TPSA) is 0 Å². The van der Waals surface area contributed by atoms with Crippen LogP contribution in [0.25, 0.3) is 132 Å². The highest BCUT2D eigenvalue weighted by atomic mass is 14.3. The second-order valence-electron chi connectivity index (χ2n) is 16.3. The van der Waals surface area contributed by atoms with Crippen LogP contribution in [0.4, 0.5) is 0 Å². The first kappa shape index (κ1) is 32.5. The molecule has 59 heavy (non-hydrogen) atoms. The zero-order valence-electron chi connectivity index (χ0n) is 32.6. The van der Waals surface area contributed by atoms with Gasteiger partial charge < -0.3 is 0 Å². The summed E-state index contributed by atoms with van der Waals surface area (Å²) in [5.74, 6) is 0. The fourth-order valence-electron chi connectivity index (χ4n) is 10.8. The lowest BCUT2D eigenvalue weighted by Crippen LogP contribution is -1.95. The summed E-state index contributed by atoms with van der Waals surface area (Å²) in [6.07, 6.45) is 0. The molecule has 0 amide bonds. The molecule has 0 heteroatoms. The molecular weight excluding hydrogens is 709 g/mol. The summed E-state index contributed by atoms with van der Waals surface area (Å²) in [7, 11) is 0. The highest BCUT2D eigenvalue weighted by Gasteiger charge is 2.32. The van der Waals surface area contributed by atoms with Crippen molar-refractivity contribution >= 4 is 43.1 Å². The Morgan fingerprint density at radius 3 is 1.59 bits per heavy atom. The van der Waals surface area contributed by atoms with Crippen LogP contribution in [0, 0.1) is 6.92 Å². The monoisotopic (exact) mass is 744 g/mol. The van der Waals surface area contributed by atoms with E-state index in [1.54, 1.807) is 0 Å². The van der Waals surface area contributed by atoms with E-state index >= 15 is 0 Å². The van der Waals surface area contributed by atoms with E-state index in [1.807, 2.05) is 0 Å². The first-order valence-corrected chi connectivity index (χ1v) is 20.7. The quantitative estimate of drug-likeness (QED) is 0.168. The van der Waals surface area contributed by atoms with Gasteiger partial charge in [-0.15, -0.1) is 0 Å². The molecule has 0 heterocycles. The zero-order chi connectivity index (χ0) is 38.8. The minimum absolute atomic E-state index is 1.23. The van der Waals surface area contributed by atoms with Gasteiger partial charge in [-0.3, -0.25) is 0 Å². The lowest BCUT2D eigenvalue weighted by atomic mass is 9.81. The van der Waals surface area contributed by atoms with Crippen LogP contribution >= 0.6 is 0 Å². The van der Waals surface area contributed by atoms with E-state index in [0.29, 0.717) is 0 Å². The van der Waals surface area contributed by atoms with Crippen molar-refractivity contribution in [3.63, 3.8) is 0 Å². The molecule has 0 fully saturated rings. The van der Waals surface area contributed by atoms with Gasteiger partial charge in [-0.2, -0.15) is 0 Å². The normalized spacial score (nSPS) is 12.2. The van der Waals surface area contributed by atoms with Crippen LogP contribution in [0.3, 0.4) is 0 Å².